The van der Waals surface area contributed by atoms with E-state index in [1.54, 1.807) is 4.68 Å². The molecule has 3 nitrogen and oxygen atoms in total. The molecule has 1 aliphatic carbocycles. The van der Waals surface area contributed by atoms with Crippen LogP contribution < -0.4 is 0 Å². The number of nitrogens with zero attached hydrogens (tertiary/aromatic N) is 2. The summed E-state index contributed by atoms with van der Waals surface area (Å²) in [6.07, 6.45) is 4.84. The van der Waals surface area contributed by atoms with Crippen molar-refractivity contribution >= 4 is 0 Å². The standard InChI is InChI=1S/C13H22N2O/c1-10-9-12(2,3)6-7-13(10,16)11-5-8-15(4)14-11/h5,8,10,16H,6-7,9H2,1-4H3. The molecule has 1 aromatic heterocycles. The maximum absolute atomic E-state index is 10.8. The van der Waals surface area contributed by atoms with Crippen molar-refractivity contribution in [2.24, 2.45) is 18.4 Å². The first kappa shape index (κ1) is 11.6. The lowest BCUT2D eigenvalue weighted by atomic mass is 9.64. The summed E-state index contributed by atoms with van der Waals surface area (Å²) in [7, 11) is 1.89. The number of aryl methyl sites for hydroxylation is 1. The fourth-order valence-corrected chi connectivity index (χ4v) is 2.90. The highest BCUT2D eigenvalue weighted by molar-refractivity contribution is 5.14. The van der Waals surface area contributed by atoms with Crippen LogP contribution in [-0.4, -0.2) is 14.9 Å². The normalized spacial score (nSPS) is 33.9. The van der Waals surface area contributed by atoms with E-state index in [2.05, 4.69) is 25.9 Å². The third kappa shape index (κ3) is 1.88. The van der Waals surface area contributed by atoms with E-state index >= 15 is 0 Å². The van der Waals surface area contributed by atoms with E-state index in [1.165, 1.54) is 0 Å². The average Bonchev–Trinajstić information content (AvgIpc) is 2.59. The minimum atomic E-state index is -0.725. The Kier molecular flexibility index (Phi) is 2.61. The molecule has 1 saturated carbocycles. The van der Waals surface area contributed by atoms with Crippen molar-refractivity contribution in [1.29, 1.82) is 0 Å². The fourth-order valence-electron chi connectivity index (χ4n) is 2.90. The molecule has 90 valence electrons. The van der Waals surface area contributed by atoms with E-state index in [4.69, 9.17) is 0 Å². The Morgan fingerprint density at radius 1 is 1.44 bits per heavy atom. The molecule has 1 N–H and O–H groups in total. The second kappa shape index (κ2) is 3.59. The number of hydrogen-bond acceptors (Lipinski definition) is 2. The van der Waals surface area contributed by atoms with Crippen LogP contribution in [-0.2, 0) is 12.6 Å². The van der Waals surface area contributed by atoms with Crippen LogP contribution >= 0.6 is 0 Å². The number of rotatable bonds is 1. The third-order valence-corrected chi connectivity index (χ3v) is 4.01. The van der Waals surface area contributed by atoms with Crippen molar-refractivity contribution in [2.45, 2.75) is 45.6 Å². The van der Waals surface area contributed by atoms with Gasteiger partial charge in [0, 0.05) is 13.2 Å². The molecule has 0 amide bonds. The van der Waals surface area contributed by atoms with Crippen LogP contribution in [0.5, 0.6) is 0 Å². The van der Waals surface area contributed by atoms with Crippen LogP contribution in [0.3, 0.4) is 0 Å². The molecule has 1 fully saturated rings. The Morgan fingerprint density at radius 2 is 2.12 bits per heavy atom. The molecule has 1 heterocycles. The van der Waals surface area contributed by atoms with Crippen molar-refractivity contribution in [3.63, 3.8) is 0 Å². The largest absolute Gasteiger partial charge is 0.383 e. The van der Waals surface area contributed by atoms with Crippen LogP contribution in [0.25, 0.3) is 0 Å². The topological polar surface area (TPSA) is 38.0 Å². The molecule has 3 heteroatoms. The maximum atomic E-state index is 10.8. The van der Waals surface area contributed by atoms with Crippen molar-refractivity contribution in [3.8, 4) is 0 Å². The van der Waals surface area contributed by atoms with Gasteiger partial charge < -0.3 is 5.11 Å². The molecule has 1 aromatic rings. The number of hydrogen-bond donors (Lipinski definition) is 1. The first-order valence-electron chi connectivity index (χ1n) is 6.06. The molecule has 2 unspecified atom stereocenters. The molecule has 0 radical (unpaired) electrons. The smallest absolute Gasteiger partial charge is 0.111 e. The quantitative estimate of drug-likeness (QED) is 0.792. The molecule has 1 aliphatic rings. The zero-order valence-electron chi connectivity index (χ0n) is 10.7. The van der Waals surface area contributed by atoms with Gasteiger partial charge in [-0.05, 0) is 36.7 Å². The molecule has 0 aromatic carbocycles. The van der Waals surface area contributed by atoms with Crippen molar-refractivity contribution in [3.05, 3.63) is 18.0 Å². The molecule has 2 rings (SSSR count). The number of aliphatic hydroxyl groups is 1. The van der Waals surface area contributed by atoms with Crippen molar-refractivity contribution in [1.82, 2.24) is 9.78 Å². The molecule has 16 heavy (non-hydrogen) atoms. The highest BCUT2D eigenvalue weighted by Crippen LogP contribution is 2.48. The molecule has 0 saturated heterocycles. The zero-order valence-corrected chi connectivity index (χ0v) is 10.7. The Bertz CT molecular complexity index is 383. The van der Waals surface area contributed by atoms with Gasteiger partial charge in [0.15, 0.2) is 0 Å². The van der Waals surface area contributed by atoms with E-state index in [-0.39, 0.29) is 5.92 Å². The summed E-state index contributed by atoms with van der Waals surface area (Å²) in [6, 6.07) is 1.94. The van der Waals surface area contributed by atoms with E-state index < -0.39 is 5.60 Å². The minimum Gasteiger partial charge on any atom is -0.383 e. The summed E-state index contributed by atoms with van der Waals surface area (Å²) in [5.41, 5.74) is 0.454. The highest BCUT2D eigenvalue weighted by Gasteiger charge is 2.44. The van der Waals surface area contributed by atoms with Gasteiger partial charge in [-0.3, -0.25) is 4.68 Å². The average molecular weight is 222 g/mol. The third-order valence-electron chi connectivity index (χ3n) is 4.01. The summed E-state index contributed by atoms with van der Waals surface area (Å²) in [4.78, 5) is 0. The summed E-state index contributed by atoms with van der Waals surface area (Å²) in [6.45, 7) is 6.69. The lowest BCUT2D eigenvalue weighted by molar-refractivity contribution is -0.0803. The summed E-state index contributed by atoms with van der Waals surface area (Å²) < 4.78 is 1.76. The van der Waals surface area contributed by atoms with Crippen LogP contribution in [0.1, 0.15) is 45.7 Å². The van der Waals surface area contributed by atoms with Crippen LogP contribution in [0.15, 0.2) is 12.3 Å². The first-order valence-corrected chi connectivity index (χ1v) is 6.06. The van der Waals surface area contributed by atoms with E-state index in [0.29, 0.717) is 5.41 Å². The van der Waals surface area contributed by atoms with Crippen molar-refractivity contribution in [2.75, 3.05) is 0 Å². The van der Waals surface area contributed by atoms with Gasteiger partial charge in [0.1, 0.15) is 5.60 Å². The molecular weight excluding hydrogens is 200 g/mol. The lowest BCUT2D eigenvalue weighted by Crippen LogP contribution is -2.42. The molecule has 0 aliphatic heterocycles. The molecule has 0 bridgehead atoms. The van der Waals surface area contributed by atoms with Gasteiger partial charge in [0.25, 0.3) is 0 Å². The molecule has 2 atom stereocenters. The maximum Gasteiger partial charge on any atom is 0.111 e. The molecular formula is C13H22N2O. The van der Waals surface area contributed by atoms with Crippen LogP contribution in [0.4, 0.5) is 0 Å². The predicted octanol–water partition coefficient (Wildman–Crippen LogP) is 2.45. The summed E-state index contributed by atoms with van der Waals surface area (Å²) >= 11 is 0. The second-order valence-electron chi connectivity index (χ2n) is 6.07. The second-order valence-corrected chi connectivity index (χ2v) is 6.07. The Balaban J connectivity index is 2.26. The highest BCUT2D eigenvalue weighted by atomic mass is 16.3. The monoisotopic (exact) mass is 222 g/mol. The molecule has 0 spiro atoms. The first-order chi connectivity index (χ1) is 7.33. The SMILES string of the molecule is CC1CC(C)(C)CCC1(O)c1ccn(C)n1. The predicted molar refractivity (Wildman–Crippen MR) is 63.9 cm³/mol. The Labute approximate surface area is 97.5 Å². The van der Waals surface area contributed by atoms with Gasteiger partial charge in [-0.1, -0.05) is 20.8 Å². The minimum absolute atomic E-state index is 0.270. The van der Waals surface area contributed by atoms with E-state index in [1.807, 2.05) is 19.3 Å². The lowest BCUT2D eigenvalue weighted by Gasteiger charge is -2.44. The van der Waals surface area contributed by atoms with Crippen LogP contribution in [0.2, 0.25) is 0 Å². The fraction of sp³-hybridized carbons (Fsp3) is 0.769. The summed E-state index contributed by atoms with van der Waals surface area (Å²) in [5.74, 6) is 0.270. The van der Waals surface area contributed by atoms with Crippen LogP contribution in [0, 0.1) is 11.3 Å². The Hall–Kier alpha value is -0.830. The van der Waals surface area contributed by atoms with E-state index in [0.717, 1.165) is 25.0 Å². The van der Waals surface area contributed by atoms with Crippen molar-refractivity contribution < 1.29 is 5.11 Å². The van der Waals surface area contributed by atoms with Gasteiger partial charge >= 0.3 is 0 Å². The van der Waals surface area contributed by atoms with E-state index in [9.17, 15) is 5.11 Å². The van der Waals surface area contributed by atoms with Gasteiger partial charge in [0.2, 0.25) is 0 Å². The number of aromatic nitrogens is 2. The summed E-state index contributed by atoms with van der Waals surface area (Å²) in [5, 5.41) is 15.2. The van der Waals surface area contributed by atoms with Gasteiger partial charge in [0.05, 0.1) is 5.69 Å². The zero-order chi connectivity index (χ0) is 12.0. The van der Waals surface area contributed by atoms with Gasteiger partial charge in [-0.2, -0.15) is 5.10 Å². The van der Waals surface area contributed by atoms with Gasteiger partial charge in [-0.25, -0.2) is 0 Å². The van der Waals surface area contributed by atoms with Gasteiger partial charge in [-0.15, -0.1) is 0 Å². The Morgan fingerprint density at radius 3 is 2.62 bits per heavy atom.